The van der Waals surface area contributed by atoms with E-state index in [1.165, 1.54) is 0 Å². The molecule has 0 aliphatic carbocycles. The van der Waals surface area contributed by atoms with Gasteiger partial charge in [0.1, 0.15) is 5.69 Å². The van der Waals surface area contributed by atoms with Crippen LogP contribution in [-0.2, 0) is 6.54 Å². The first-order chi connectivity index (χ1) is 8.67. The van der Waals surface area contributed by atoms with E-state index in [1.54, 1.807) is 17.8 Å². The smallest absolute Gasteiger partial charge is 0.272 e. The summed E-state index contributed by atoms with van der Waals surface area (Å²) in [5, 5.41) is 3.60. The average molecular weight is 279 g/mol. The number of fused-ring (bicyclic) bond motifs is 2. The number of nitrogens with one attached hydrogen (secondary N) is 1. The van der Waals surface area contributed by atoms with Gasteiger partial charge in [0, 0.05) is 28.3 Å². The van der Waals surface area contributed by atoms with Gasteiger partial charge in [0.25, 0.3) is 5.91 Å². The maximum Gasteiger partial charge on any atom is 0.272 e. The van der Waals surface area contributed by atoms with Crippen LogP contribution in [0.1, 0.15) is 16.1 Å². The predicted octanol–water partition coefficient (Wildman–Crippen LogP) is 3.48. The number of hydrogen-bond donors (Lipinski definition) is 1. The SMILES string of the molecule is CSc1cc2n(c1)Cc1cc(Cl)ccc1NC2=O. The van der Waals surface area contributed by atoms with Crippen molar-refractivity contribution in [2.75, 3.05) is 11.6 Å². The second kappa shape index (κ2) is 4.37. The molecule has 92 valence electrons. The summed E-state index contributed by atoms with van der Waals surface area (Å²) < 4.78 is 1.96. The summed E-state index contributed by atoms with van der Waals surface area (Å²) in [5.41, 5.74) is 2.54. The molecule has 1 aliphatic rings. The van der Waals surface area contributed by atoms with Gasteiger partial charge >= 0.3 is 0 Å². The first kappa shape index (κ1) is 11.7. The van der Waals surface area contributed by atoms with Crippen LogP contribution in [0.25, 0.3) is 0 Å². The van der Waals surface area contributed by atoms with E-state index in [-0.39, 0.29) is 5.91 Å². The summed E-state index contributed by atoms with van der Waals surface area (Å²) in [7, 11) is 0. The molecule has 3 rings (SSSR count). The average Bonchev–Trinajstić information content (AvgIpc) is 2.71. The van der Waals surface area contributed by atoms with E-state index in [9.17, 15) is 4.79 Å². The molecule has 1 N–H and O–H groups in total. The highest BCUT2D eigenvalue weighted by atomic mass is 35.5. The van der Waals surface area contributed by atoms with E-state index >= 15 is 0 Å². The molecular formula is C13H11ClN2OS. The number of nitrogens with zero attached hydrogens (tertiary/aromatic N) is 1. The minimum absolute atomic E-state index is 0.0728. The zero-order valence-electron chi connectivity index (χ0n) is 9.74. The fourth-order valence-corrected chi connectivity index (χ4v) is 2.76. The number of carbonyl (C=O) groups is 1. The van der Waals surface area contributed by atoms with Crippen molar-refractivity contribution in [3.63, 3.8) is 0 Å². The molecule has 0 bridgehead atoms. The molecule has 1 aromatic heterocycles. The van der Waals surface area contributed by atoms with Gasteiger partial charge in [0.15, 0.2) is 0 Å². The highest BCUT2D eigenvalue weighted by Crippen LogP contribution is 2.28. The van der Waals surface area contributed by atoms with Crippen molar-refractivity contribution in [3.8, 4) is 0 Å². The third-order valence-corrected chi connectivity index (χ3v) is 3.93. The Morgan fingerprint density at radius 2 is 2.22 bits per heavy atom. The van der Waals surface area contributed by atoms with E-state index in [0.29, 0.717) is 17.3 Å². The molecule has 0 unspecified atom stereocenters. The van der Waals surface area contributed by atoms with E-state index in [1.807, 2.05) is 35.2 Å². The monoisotopic (exact) mass is 278 g/mol. The number of anilines is 1. The van der Waals surface area contributed by atoms with E-state index in [0.717, 1.165) is 16.1 Å². The van der Waals surface area contributed by atoms with Crippen LogP contribution < -0.4 is 5.32 Å². The molecule has 0 fully saturated rings. The fourth-order valence-electron chi connectivity index (χ4n) is 2.10. The summed E-state index contributed by atoms with van der Waals surface area (Å²) in [6.07, 6.45) is 3.99. The summed E-state index contributed by atoms with van der Waals surface area (Å²) in [4.78, 5) is 13.2. The molecule has 3 nitrogen and oxygen atoms in total. The second-order valence-corrected chi connectivity index (χ2v) is 5.46. The molecule has 1 amide bonds. The first-order valence-electron chi connectivity index (χ1n) is 5.51. The molecule has 2 aromatic rings. The Hall–Kier alpha value is -1.39. The quantitative estimate of drug-likeness (QED) is 0.811. The lowest BCUT2D eigenvalue weighted by Crippen LogP contribution is -2.12. The van der Waals surface area contributed by atoms with Gasteiger partial charge in [-0.05, 0) is 36.1 Å². The highest BCUT2D eigenvalue weighted by Gasteiger charge is 2.20. The van der Waals surface area contributed by atoms with Crippen LogP contribution in [0.5, 0.6) is 0 Å². The van der Waals surface area contributed by atoms with Crippen molar-refractivity contribution in [3.05, 3.63) is 46.7 Å². The van der Waals surface area contributed by atoms with Gasteiger partial charge in [-0.2, -0.15) is 0 Å². The zero-order chi connectivity index (χ0) is 12.7. The Bertz CT molecular complexity index is 636. The molecule has 0 saturated carbocycles. The normalized spacial score (nSPS) is 13.6. The summed E-state index contributed by atoms with van der Waals surface area (Å²) in [5.74, 6) is -0.0728. The lowest BCUT2D eigenvalue weighted by molar-refractivity contribution is 0.102. The Kier molecular flexibility index (Phi) is 2.84. The summed E-state index contributed by atoms with van der Waals surface area (Å²) >= 11 is 7.63. The van der Waals surface area contributed by atoms with Crippen molar-refractivity contribution >= 4 is 35.0 Å². The van der Waals surface area contributed by atoms with Crippen molar-refractivity contribution in [1.82, 2.24) is 4.57 Å². The van der Waals surface area contributed by atoms with Crippen molar-refractivity contribution in [1.29, 1.82) is 0 Å². The van der Waals surface area contributed by atoms with E-state index < -0.39 is 0 Å². The lowest BCUT2D eigenvalue weighted by Gasteiger charge is -2.06. The molecule has 1 aliphatic heterocycles. The Labute approximate surface area is 114 Å². The van der Waals surface area contributed by atoms with Gasteiger partial charge in [-0.1, -0.05) is 11.6 Å². The molecule has 0 spiro atoms. The number of benzene rings is 1. The first-order valence-corrected chi connectivity index (χ1v) is 7.11. The topological polar surface area (TPSA) is 34.0 Å². The van der Waals surface area contributed by atoms with Crippen LogP contribution in [0.2, 0.25) is 5.02 Å². The van der Waals surface area contributed by atoms with Crippen molar-refractivity contribution in [2.45, 2.75) is 11.4 Å². The Balaban J connectivity index is 2.12. The van der Waals surface area contributed by atoms with Gasteiger partial charge in [-0.25, -0.2) is 0 Å². The minimum atomic E-state index is -0.0728. The van der Waals surface area contributed by atoms with E-state index in [4.69, 9.17) is 11.6 Å². The van der Waals surface area contributed by atoms with Gasteiger partial charge in [-0.15, -0.1) is 11.8 Å². The number of amides is 1. The number of halogens is 1. The number of thioether (sulfide) groups is 1. The second-order valence-electron chi connectivity index (χ2n) is 4.15. The van der Waals surface area contributed by atoms with Crippen LogP contribution in [0, 0.1) is 0 Å². The molecular weight excluding hydrogens is 268 g/mol. The number of aromatic nitrogens is 1. The van der Waals surface area contributed by atoms with Crippen molar-refractivity contribution in [2.24, 2.45) is 0 Å². The van der Waals surface area contributed by atoms with Crippen molar-refractivity contribution < 1.29 is 4.79 Å². The predicted molar refractivity (Wildman–Crippen MR) is 74.7 cm³/mol. The van der Waals surface area contributed by atoms with Crippen LogP contribution >= 0.6 is 23.4 Å². The van der Waals surface area contributed by atoms with Crippen LogP contribution in [0.3, 0.4) is 0 Å². The lowest BCUT2D eigenvalue weighted by atomic mass is 10.2. The number of carbonyl (C=O) groups excluding carboxylic acids is 1. The Morgan fingerprint density at radius 3 is 3.00 bits per heavy atom. The fraction of sp³-hybridized carbons (Fsp3) is 0.154. The molecule has 18 heavy (non-hydrogen) atoms. The Morgan fingerprint density at radius 1 is 1.39 bits per heavy atom. The molecule has 0 atom stereocenters. The summed E-state index contributed by atoms with van der Waals surface area (Å²) in [6.45, 7) is 0.657. The number of rotatable bonds is 1. The standard InChI is InChI=1S/C13H11ClN2OS/c1-18-10-5-12-13(17)15-11-3-2-9(14)4-8(11)6-16(12)7-10/h2-5,7H,6H2,1H3,(H,15,17). The van der Waals surface area contributed by atoms with Gasteiger partial charge in [0.05, 0.1) is 0 Å². The molecule has 1 aromatic carbocycles. The maximum absolute atomic E-state index is 12.1. The molecule has 2 heterocycles. The molecule has 0 saturated heterocycles. The largest absolute Gasteiger partial charge is 0.338 e. The van der Waals surface area contributed by atoms with Gasteiger partial charge < -0.3 is 9.88 Å². The van der Waals surface area contributed by atoms with Crippen LogP contribution in [0.4, 0.5) is 5.69 Å². The number of hydrogen-bond acceptors (Lipinski definition) is 2. The third-order valence-electron chi connectivity index (χ3n) is 3.00. The summed E-state index contributed by atoms with van der Waals surface area (Å²) in [6, 6.07) is 7.44. The highest BCUT2D eigenvalue weighted by molar-refractivity contribution is 7.98. The van der Waals surface area contributed by atoms with Gasteiger partial charge in [0.2, 0.25) is 0 Å². The van der Waals surface area contributed by atoms with E-state index in [2.05, 4.69) is 5.32 Å². The zero-order valence-corrected chi connectivity index (χ0v) is 11.3. The molecule has 5 heteroatoms. The third kappa shape index (κ3) is 1.91. The van der Waals surface area contributed by atoms with Crippen LogP contribution in [-0.4, -0.2) is 16.7 Å². The minimum Gasteiger partial charge on any atom is -0.338 e. The van der Waals surface area contributed by atoms with Crippen LogP contribution in [0.15, 0.2) is 35.4 Å². The van der Waals surface area contributed by atoms with Gasteiger partial charge in [-0.3, -0.25) is 4.79 Å². The maximum atomic E-state index is 12.1. The molecule has 0 radical (unpaired) electrons.